The summed E-state index contributed by atoms with van der Waals surface area (Å²) < 4.78 is 8.23. The summed E-state index contributed by atoms with van der Waals surface area (Å²) in [5, 5.41) is 21.1. The molecule has 1 N–H and O–H groups in total. The Balaban J connectivity index is 1.49. The number of carboxylic acid groups (broad SMARTS) is 1. The summed E-state index contributed by atoms with van der Waals surface area (Å²) in [6.07, 6.45) is 8.95. The van der Waals surface area contributed by atoms with Crippen molar-refractivity contribution in [2.24, 2.45) is 0 Å². The number of rotatable bonds is 14. The van der Waals surface area contributed by atoms with Crippen LogP contribution < -0.4 is 9.47 Å². The number of carbonyl (C=O) groups is 2. The van der Waals surface area contributed by atoms with Crippen LogP contribution in [-0.2, 0) is 39.1 Å². The van der Waals surface area contributed by atoms with Crippen molar-refractivity contribution in [3.8, 4) is 6.07 Å². The van der Waals surface area contributed by atoms with Gasteiger partial charge >= 0.3 is 5.97 Å². The molecule has 0 aliphatic carbocycles. The van der Waals surface area contributed by atoms with E-state index in [9.17, 15) is 20.0 Å². The van der Waals surface area contributed by atoms with Gasteiger partial charge in [-0.2, -0.15) is 9.83 Å². The topological polar surface area (TPSA) is 94.5 Å². The number of allylic oxidation sites excluding steroid dienone is 5. The minimum absolute atomic E-state index is 0.0363. The van der Waals surface area contributed by atoms with Crippen LogP contribution in [0.3, 0.4) is 0 Å². The molecule has 0 saturated heterocycles. The number of carbonyl (C=O) groups excluding carboxylic acids is 1. The predicted molar refractivity (Wildman–Crippen MR) is 202 cm³/mol. The molecular weight excluding hydrogens is 655 g/mol. The molecule has 0 unspecified atom stereocenters. The molecule has 8 heteroatoms. The number of nitriles is 1. The largest absolute Gasteiger partial charge is 0.481 e. The van der Waals surface area contributed by atoms with Crippen LogP contribution in [0.2, 0.25) is 0 Å². The summed E-state index contributed by atoms with van der Waals surface area (Å²) >= 11 is 1.61. The first kappa shape index (κ1) is 35.1. The number of aryl methyl sites for hydroxylation is 2. The first-order valence-corrected chi connectivity index (χ1v) is 17.8. The summed E-state index contributed by atoms with van der Waals surface area (Å²) in [6.45, 7) is 5.59. The molecule has 1 aliphatic heterocycles. The smallest absolute Gasteiger partial charge is 0.305 e. The monoisotopic (exact) mass is 694 g/mol. The summed E-state index contributed by atoms with van der Waals surface area (Å²) in [5.74, 6) is -0.867. The third kappa shape index (κ3) is 7.85. The number of thiazole rings is 1. The molecule has 1 aromatic heterocycles. The second-order valence-electron chi connectivity index (χ2n) is 12.9. The highest BCUT2D eigenvalue weighted by Crippen LogP contribution is 2.52. The third-order valence-electron chi connectivity index (χ3n) is 9.33. The van der Waals surface area contributed by atoms with E-state index in [-0.39, 0.29) is 19.6 Å². The quantitative estimate of drug-likeness (QED) is 0.0416. The van der Waals surface area contributed by atoms with E-state index in [1.165, 1.54) is 11.1 Å². The molecular formula is C43H40N3O4S+. The van der Waals surface area contributed by atoms with Crippen molar-refractivity contribution < 1.29 is 24.0 Å². The first-order valence-electron chi connectivity index (χ1n) is 17.0. The molecule has 256 valence electrons. The molecule has 0 saturated carbocycles. The Kier molecular flexibility index (Phi) is 10.9. The Labute approximate surface area is 302 Å². The Morgan fingerprint density at radius 3 is 2.27 bits per heavy atom. The third-order valence-corrected chi connectivity index (χ3v) is 10.5. The predicted octanol–water partition coefficient (Wildman–Crippen LogP) is 8.04. The lowest BCUT2D eigenvalue weighted by Gasteiger charge is -2.34. The van der Waals surface area contributed by atoms with Gasteiger partial charge in [-0.3, -0.25) is 9.59 Å². The molecule has 0 radical (unpaired) electrons. The lowest BCUT2D eigenvalue weighted by atomic mass is 9.70. The van der Waals surface area contributed by atoms with Crippen molar-refractivity contribution in [1.82, 2.24) is 0 Å². The van der Waals surface area contributed by atoms with Crippen LogP contribution in [0.1, 0.15) is 39.2 Å². The zero-order valence-corrected chi connectivity index (χ0v) is 29.6. The van der Waals surface area contributed by atoms with Crippen molar-refractivity contribution in [1.29, 1.82) is 5.26 Å². The Morgan fingerprint density at radius 1 is 0.961 bits per heavy atom. The maximum atomic E-state index is 12.0. The summed E-state index contributed by atoms with van der Waals surface area (Å²) in [5.41, 5.74) is 8.61. The number of hydrogen-bond acceptors (Lipinski definition) is 6. The van der Waals surface area contributed by atoms with Crippen LogP contribution in [0.15, 0.2) is 127 Å². The number of aromatic nitrogens is 1. The van der Waals surface area contributed by atoms with Crippen LogP contribution in [-0.4, -0.2) is 30.7 Å². The van der Waals surface area contributed by atoms with Crippen molar-refractivity contribution >= 4 is 45.8 Å². The Morgan fingerprint density at radius 2 is 1.63 bits per heavy atom. The fourth-order valence-corrected chi connectivity index (χ4v) is 8.10. The molecule has 0 fully saturated rings. The van der Waals surface area contributed by atoms with Gasteiger partial charge in [0, 0.05) is 35.5 Å². The minimum atomic E-state index is -0.867. The van der Waals surface area contributed by atoms with Crippen molar-refractivity contribution in [3.05, 3.63) is 159 Å². The van der Waals surface area contributed by atoms with Gasteiger partial charge in [-0.25, -0.2) is 0 Å². The second kappa shape index (κ2) is 15.8. The number of fused-ring (bicyclic) bond motifs is 2. The van der Waals surface area contributed by atoms with E-state index in [0.717, 1.165) is 43.3 Å². The maximum Gasteiger partial charge on any atom is 0.305 e. The average Bonchev–Trinajstić information content (AvgIpc) is 3.59. The van der Waals surface area contributed by atoms with Crippen molar-refractivity contribution in [3.63, 3.8) is 0 Å². The highest BCUT2D eigenvalue weighted by Gasteiger charge is 2.47. The van der Waals surface area contributed by atoms with Crippen LogP contribution >= 0.6 is 11.3 Å². The molecule has 0 amide bonds. The number of carboxylic acids is 1. The number of benzene rings is 4. The summed E-state index contributed by atoms with van der Waals surface area (Å²) in [7, 11) is 0. The molecule has 2 heterocycles. The van der Waals surface area contributed by atoms with E-state index in [0.29, 0.717) is 31.4 Å². The van der Waals surface area contributed by atoms with Crippen LogP contribution in [0.4, 0.5) is 5.69 Å². The summed E-state index contributed by atoms with van der Waals surface area (Å²) in [4.78, 5) is 25.0. The zero-order chi connectivity index (χ0) is 35.8. The number of hydrogen-bond donors (Lipinski definition) is 1. The van der Waals surface area contributed by atoms with Gasteiger partial charge in [-0.15, -0.1) is 0 Å². The van der Waals surface area contributed by atoms with E-state index in [4.69, 9.17) is 4.74 Å². The van der Waals surface area contributed by atoms with Crippen LogP contribution in [0.5, 0.6) is 0 Å². The first-order chi connectivity index (χ1) is 24.8. The molecule has 7 nitrogen and oxygen atoms in total. The molecule has 5 aromatic rings. The van der Waals surface area contributed by atoms with E-state index < -0.39 is 11.4 Å². The van der Waals surface area contributed by atoms with Gasteiger partial charge in [-0.1, -0.05) is 95.8 Å². The van der Waals surface area contributed by atoms with Gasteiger partial charge in [0.25, 0.3) is 11.5 Å². The number of aliphatic carboxylic acids is 1. The van der Waals surface area contributed by atoms with Gasteiger partial charge in [0.05, 0.1) is 18.1 Å². The maximum absolute atomic E-state index is 12.0. The SMILES string of the molecule is Cc1ccc2c(c1)C(Cc1ccccc1)(Cc1ccccc1)\C(=C/C=C(C#N)/C=C/c1sc3ccc(C)cc3[n+]1CCOC=O)N2CCC(=O)O. The van der Waals surface area contributed by atoms with Gasteiger partial charge < -0.3 is 14.7 Å². The lowest BCUT2D eigenvalue weighted by Crippen LogP contribution is -2.37. The summed E-state index contributed by atoms with van der Waals surface area (Å²) in [6, 6.07) is 35.8. The molecule has 6 rings (SSSR count). The molecule has 51 heavy (non-hydrogen) atoms. The van der Waals surface area contributed by atoms with Crippen molar-refractivity contribution in [2.45, 2.75) is 45.1 Å². The normalized spacial score (nSPS) is 14.6. The highest BCUT2D eigenvalue weighted by atomic mass is 32.1. The number of anilines is 1. The Bertz CT molecular complexity index is 2140. The second-order valence-corrected chi connectivity index (χ2v) is 13.9. The molecule has 0 spiro atoms. The van der Waals surface area contributed by atoms with E-state index in [2.05, 4.69) is 83.1 Å². The number of ether oxygens (including phenoxy) is 1. The van der Waals surface area contributed by atoms with Gasteiger partial charge in [0.1, 0.15) is 11.3 Å². The fraction of sp³-hybridized carbons (Fsp3) is 0.209. The molecule has 1 aliphatic rings. The van der Waals surface area contributed by atoms with E-state index in [1.807, 2.05) is 67.6 Å². The zero-order valence-electron chi connectivity index (χ0n) is 28.8. The van der Waals surface area contributed by atoms with Crippen LogP contribution in [0.25, 0.3) is 16.3 Å². The standard InChI is InChI=1S/C43H39N3O4S/c1-31-13-17-37-36(25-31)43(27-33-9-5-3-6-10-33,28-34-11-7-4-8-12-34)40(45(37)22-21-42(48)49)19-15-35(29-44)16-20-41-46(23-24-50-30-47)38-26-32(2)14-18-39(38)51-41/h3-20,25-26,30H,21-24,27-28H2,1-2H3/p+1. The molecule has 0 bridgehead atoms. The van der Waals surface area contributed by atoms with E-state index >= 15 is 0 Å². The van der Waals surface area contributed by atoms with Crippen molar-refractivity contribution in [2.75, 3.05) is 18.1 Å². The fourth-order valence-electron chi connectivity index (χ4n) is 7.03. The molecule has 0 atom stereocenters. The number of nitrogens with zero attached hydrogens (tertiary/aromatic N) is 3. The Hall–Kier alpha value is -5.78. The van der Waals surface area contributed by atoms with E-state index in [1.54, 1.807) is 11.3 Å². The van der Waals surface area contributed by atoms with Gasteiger partial charge in [0.2, 0.25) is 5.52 Å². The highest BCUT2D eigenvalue weighted by molar-refractivity contribution is 7.18. The van der Waals surface area contributed by atoms with Crippen LogP contribution in [0, 0.1) is 25.2 Å². The minimum Gasteiger partial charge on any atom is -0.481 e. The average molecular weight is 695 g/mol. The lowest BCUT2D eigenvalue weighted by molar-refractivity contribution is -0.669. The van der Waals surface area contributed by atoms with Gasteiger partial charge in [-0.05, 0) is 79.3 Å². The van der Waals surface area contributed by atoms with Gasteiger partial charge in [0.15, 0.2) is 6.54 Å². The molecule has 4 aromatic carbocycles.